The maximum Gasteiger partial charge on any atom is 0.328 e. The van der Waals surface area contributed by atoms with E-state index < -0.39 is 5.97 Å². The number of rotatable bonds is 5. The molecule has 5 heteroatoms. The topological polar surface area (TPSA) is 78.4 Å². The van der Waals surface area contributed by atoms with E-state index >= 15 is 0 Å². The van der Waals surface area contributed by atoms with Gasteiger partial charge in [0.15, 0.2) is 0 Å². The van der Waals surface area contributed by atoms with Crippen molar-refractivity contribution < 1.29 is 14.7 Å². The maximum atomic E-state index is 11.5. The molecule has 0 aliphatic carbocycles. The minimum atomic E-state index is -1.00. The molecule has 19 heavy (non-hydrogen) atoms. The fourth-order valence-electron chi connectivity index (χ4n) is 1.56. The van der Waals surface area contributed by atoms with Gasteiger partial charge in [-0.15, -0.1) is 0 Å². The minimum absolute atomic E-state index is 0.263. The molecule has 2 amide bonds. The van der Waals surface area contributed by atoms with Crippen LogP contribution in [0.25, 0.3) is 6.08 Å². The summed E-state index contributed by atoms with van der Waals surface area (Å²) in [6.45, 7) is 4.47. The Morgan fingerprint density at radius 1 is 1.32 bits per heavy atom. The van der Waals surface area contributed by atoms with E-state index in [1.54, 1.807) is 6.07 Å². The van der Waals surface area contributed by atoms with Crippen LogP contribution in [0.15, 0.2) is 24.3 Å². The number of anilines is 1. The summed E-state index contributed by atoms with van der Waals surface area (Å²) in [6.07, 6.45) is 3.42. The third-order valence-corrected chi connectivity index (χ3v) is 2.31. The average molecular weight is 262 g/mol. The lowest BCUT2D eigenvalue weighted by molar-refractivity contribution is -0.131. The zero-order valence-electron chi connectivity index (χ0n) is 11.1. The molecule has 0 fully saturated rings. The van der Waals surface area contributed by atoms with E-state index in [2.05, 4.69) is 10.6 Å². The summed E-state index contributed by atoms with van der Waals surface area (Å²) in [4.78, 5) is 22.0. The van der Waals surface area contributed by atoms with Gasteiger partial charge in [-0.3, -0.25) is 0 Å². The van der Waals surface area contributed by atoms with Crippen molar-refractivity contribution in [3.05, 3.63) is 35.4 Å². The molecule has 0 spiro atoms. The van der Waals surface area contributed by atoms with Crippen LogP contribution in [0.4, 0.5) is 10.5 Å². The quantitative estimate of drug-likeness (QED) is 0.714. The van der Waals surface area contributed by atoms with Crippen LogP contribution < -0.4 is 10.6 Å². The molecule has 102 valence electrons. The van der Waals surface area contributed by atoms with Crippen molar-refractivity contribution in [1.82, 2.24) is 5.32 Å². The number of amides is 2. The Morgan fingerprint density at radius 3 is 2.68 bits per heavy atom. The highest BCUT2D eigenvalue weighted by Crippen LogP contribution is 2.15. The zero-order chi connectivity index (χ0) is 14.3. The Balaban J connectivity index is 2.79. The predicted octanol–water partition coefficient (Wildman–Crippen LogP) is 2.62. The molecule has 1 rings (SSSR count). The van der Waals surface area contributed by atoms with Gasteiger partial charge in [-0.05, 0) is 42.7 Å². The van der Waals surface area contributed by atoms with Crippen LogP contribution in [0, 0.1) is 6.92 Å². The summed E-state index contributed by atoms with van der Waals surface area (Å²) in [5, 5.41) is 14.0. The summed E-state index contributed by atoms with van der Waals surface area (Å²) < 4.78 is 0. The summed E-state index contributed by atoms with van der Waals surface area (Å²) in [6, 6.07) is 5.12. The van der Waals surface area contributed by atoms with Crippen molar-refractivity contribution in [3.63, 3.8) is 0 Å². The minimum Gasteiger partial charge on any atom is -0.478 e. The smallest absolute Gasteiger partial charge is 0.328 e. The average Bonchev–Trinajstić information content (AvgIpc) is 2.33. The standard InChI is InChI=1S/C14H18N2O3/c1-3-6-15-14(19)16-12-8-10(2)7-11(9-12)4-5-13(17)18/h4-5,7-9H,3,6H2,1-2H3,(H,17,18)(H2,15,16,19)/b5-4+. The first-order valence-corrected chi connectivity index (χ1v) is 6.09. The van der Waals surface area contributed by atoms with Crippen molar-refractivity contribution in [2.75, 3.05) is 11.9 Å². The summed E-state index contributed by atoms with van der Waals surface area (Å²) in [5.74, 6) is -1.00. The van der Waals surface area contributed by atoms with Crippen LogP contribution in [0.3, 0.4) is 0 Å². The molecule has 0 radical (unpaired) electrons. The summed E-state index contributed by atoms with van der Waals surface area (Å²) in [7, 11) is 0. The number of benzene rings is 1. The Bertz CT molecular complexity index is 495. The van der Waals surface area contributed by atoms with Gasteiger partial charge in [-0.1, -0.05) is 13.0 Å². The Kier molecular flexibility index (Phi) is 5.60. The van der Waals surface area contributed by atoms with Crippen LogP contribution in [0.5, 0.6) is 0 Å². The molecule has 3 N–H and O–H groups in total. The molecule has 0 saturated heterocycles. The lowest BCUT2D eigenvalue weighted by Crippen LogP contribution is -2.29. The van der Waals surface area contributed by atoms with E-state index in [1.807, 2.05) is 26.0 Å². The van der Waals surface area contributed by atoms with E-state index in [1.165, 1.54) is 6.08 Å². The number of nitrogens with one attached hydrogen (secondary N) is 2. The van der Waals surface area contributed by atoms with E-state index in [0.29, 0.717) is 12.2 Å². The van der Waals surface area contributed by atoms with Crippen LogP contribution in [0.2, 0.25) is 0 Å². The van der Waals surface area contributed by atoms with Crippen molar-refractivity contribution in [2.45, 2.75) is 20.3 Å². The molecule has 0 saturated carbocycles. The van der Waals surface area contributed by atoms with Gasteiger partial charge >= 0.3 is 12.0 Å². The molecule has 0 bridgehead atoms. The van der Waals surface area contributed by atoms with Gasteiger partial charge in [0.25, 0.3) is 0 Å². The SMILES string of the molecule is CCCNC(=O)Nc1cc(C)cc(/C=C/C(=O)O)c1. The number of carbonyl (C=O) groups is 2. The maximum absolute atomic E-state index is 11.5. The number of urea groups is 1. The highest BCUT2D eigenvalue weighted by molar-refractivity contribution is 5.90. The number of carbonyl (C=O) groups excluding carboxylic acids is 1. The van der Waals surface area contributed by atoms with Gasteiger partial charge in [-0.25, -0.2) is 9.59 Å². The normalized spacial score (nSPS) is 10.4. The van der Waals surface area contributed by atoms with E-state index in [9.17, 15) is 9.59 Å². The summed E-state index contributed by atoms with van der Waals surface area (Å²) >= 11 is 0. The predicted molar refractivity (Wildman–Crippen MR) is 75.2 cm³/mol. The monoisotopic (exact) mass is 262 g/mol. The van der Waals surface area contributed by atoms with Crippen molar-refractivity contribution in [1.29, 1.82) is 0 Å². The second kappa shape index (κ2) is 7.20. The second-order valence-corrected chi connectivity index (χ2v) is 4.18. The van der Waals surface area contributed by atoms with Crippen molar-refractivity contribution in [3.8, 4) is 0 Å². The second-order valence-electron chi connectivity index (χ2n) is 4.18. The van der Waals surface area contributed by atoms with Crippen molar-refractivity contribution in [2.24, 2.45) is 0 Å². The molecule has 0 unspecified atom stereocenters. The first kappa shape index (κ1) is 14.8. The molecule has 0 aromatic heterocycles. The van der Waals surface area contributed by atoms with Crippen molar-refractivity contribution >= 4 is 23.8 Å². The third kappa shape index (κ3) is 5.72. The summed E-state index contributed by atoms with van der Waals surface area (Å²) in [5.41, 5.74) is 2.31. The number of aryl methyl sites for hydroxylation is 1. The highest BCUT2D eigenvalue weighted by atomic mass is 16.4. The first-order valence-electron chi connectivity index (χ1n) is 6.09. The van der Waals surface area contributed by atoms with Crippen LogP contribution in [-0.2, 0) is 4.79 Å². The number of hydrogen-bond acceptors (Lipinski definition) is 2. The Hall–Kier alpha value is -2.30. The molecule has 0 aliphatic heterocycles. The van der Waals surface area contributed by atoms with Gasteiger partial charge < -0.3 is 15.7 Å². The Labute approximate surface area is 112 Å². The largest absolute Gasteiger partial charge is 0.478 e. The zero-order valence-corrected chi connectivity index (χ0v) is 11.1. The first-order chi connectivity index (χ1) is 9.01. The molecule has 0 atom stereocenters. The number of carboxylic acids is 1. The third-order valence-electron chi connectivity index (χ3n) is 2.31. The molecule has 1 aromatic carbocycles. The fourth-order valence-corrected chi connectivity index (χ4v) is 1.56. The van der Waals surface area contributed by atoms with E-state index in [4.69, 9.17) is 5.11 Å². The van der Waals surface area contributed by atoms with Gasteiger partial charge in [0.1, 0.15) is 0 Å². The molecule has 5 nitrogen and oxygen atoms in total. The lowest BCUT2D eigenvalue weighted by atomic mass is 10.1. The molecule has 0 aliphatic rings. The number of aliphatic carboxylic acids is 1. The molecule has 1 aromatic rings. The van der Waals surface area contributed by atoms with Crippen LogP contribution >= 0.6 is 0 Å². The Morgan fingerprint density at radius 2 is 2.05 bits per heavy atom. The van der Waals surface area contributed by atoms with Gasteiger partial charge in [0.2, 0.25) is 0 Å². The number of hydrogen-bond donors (Lipinski definition) is 3. The van der Waals surface area contributed by atoms with Gasteiger partial charge in [0, 0.05) is 18.3 Å². The van der Waals surface area contributed by atoms with Gasteiger partial charge in [0.05, 0.1) is 0 Å². The van der Waals surface area contributed by atoms with Crippen LogP contribution in [0.1, 0.15) is 24.5 Å². The van der Waals surface area contributed by atoms with Crippen LogP contribution in [-0.4, -0.2) is 23.7 Å². The van der Waals surface area contributed by atoms with Gasteiger partial charge in [-0.2, -0.15) is 0 Å². The molecular weight excluding hydrogens is 244 g/mol. The van der Waals surface area contributed by atoms with E-state index in [-0.39, 0.29) is 6.03 Å². The lowest BCUT2D eigenvalue weighted by Gasteiger charge is -2.08. The number of carboxylic acid groups (broad SMARTS) is 1. The molecular formula is C14H18N2O3. The fraction of sp³-hybridized carbons (Fsp3) is 0.286. The van der Waals surface area contributed by atoms with E-state index in [0.717, 1.165) is 23.6 Å². The highest BCUT2D eigenvalue weighted by Gasteiger charge is 2.02. The molecule has 0 heterocycles.